The van der Waals surface area contributed by atoms with Crippen LogP contribution >= 0.6 is 0 Å². The summed E-state index contributed by atoms with van der Waals surface area (Å²) in [5.74, 6) is 0. The predicted molar refractivity (Wildman–Crippen MR) is 160 cm³/mol. The molecule has 41 heavy (non-hydrogen) atoms. The Hall–Kier alpha value is -0.400. The number of aliphatic hydroxyl groups excluding tert-OH is 2. The van der Waals surface area contributed by atoms with Gasteiger partial charge in [0.15, 0.2) is 6.29 Å². The van der Waals surface area contributed by atoms with E-state index in [9.17, 15) is 5.11 Å². The van der Waals surface area contributed by atoms with Crippen molar-refractivity contribution in [1.82, 2.24) is 0 Å². The van der Waals surface area contributed by atoms with E-state index in [-0.39, 0.29) is 13.2 Å². The van der Waals surface area contributed by atoms with Gasteiger partial charge in [0.05, 0.1) is 99.1 Å². The van der Waals surface area contributed by atoms with Crippen LogP contribution in [0.25, 0.3) is 0 Å². The van der Waals surface area contributed by atoms with Crippen LogP contribution < -0.4 is 0 Å². The fourth-order valence-corrected chi connectivity index (χ4v) is 3.96. The average Bonchev–Trinajstić information content (AvgIpc) is 2.98. The first-order valence-corrected chi connectivity index (χ1v) is 16.3. The highest BCUT2D eigenvalue weighted by atomic mass is 16.6. The van der Waals surface area contributed by atoms with Crippen LogP contribution in [-0.4, -0.2) is 122 Å². The lowest BCUT2D eigenvalue weighted by Gasteiger charge is -2.12. The Kier molecular flexibility index (Phi) is 37.3. The molecular formula is C31H64O10. The van der Waals surface area contributed by atoms with Gasteiger partial charge in [0.2, 0.25) is 0 Å². The summed E-state index contributed by atoms with van der Waals surface area (Å²) < 4.78 is 43.0. The zero-order valence-corrected chi connectivity index (χ0v) is 26.2. The normalized spacial score (nSPS) is 12.4. The zero-order chi connectivity index (χ0) is 29.7. The maximum Gasteiger partial charge on any atom is 0.178 e. The van der Waals surface area contributed by atoms with Crippen molar-refractivity contribution in [2.45, 2.75) is 96.7 Å². The Morgan fingerprint density at radius 1 is 0.390 bits per heavy atom. The number of ether oxygens (including phenoxy) is 8. The quantitative estimate of drug-likeness (QED) is 0.0784. The van der Waals surface area contributed by atoms with E-state index < -0.39 is 6.29 Å². The molecule has 10 nitrogen and oxygen atoms in total. The van der Waals surface area contributed by atoms with Gasteiger partial charge < -0.3 is 48.1 Å². The van der Waals surface area contributed by atoms with Crippen molar-refractivity contribution in [3.8, 4) is 0 Å². The highest BCUT2D eigenvalue weighted by Crippen LogP contribution is 2.12. The van der Waals surface area contributed by atoms with Crippen molar-refractivity contribution in [3.63, 3.8) is 0 Å². The van der Waals surface area contributed by atoms with E-state index in [1.165, 1.54) is 70.6 Å². The second kappa shape index (κ2) is 37.6. The number of hydrogen-bond acceptors (Lipinski definition) is 10. The fourth-order valence-electron chi connectivity index (χ4n) is 3.96. The molecule has 0 aliphatic heterocycles. The van der Waals surface area contributed by atoms with Gasteiger partial charge >= 0.3 is 0 Å². The molecule has 0 aliphatic rings. The van der Waals surface area contributed by atoms with Crippen molar-refractivity contribution in [1.29, 1.82) is 0 Å². The summed E-state index contributed by atoms with van der Waals surface area (Å²) in [7, 11) is 0. The van der Waals surface area contributed by atoms with Gasteiger partial charge in [-0.25, -0.2) is 0 Å². The molecule has 0 aromatic heterocycles. The molecule has 0 saturated heterocycles. The molecule has 0 spiro atoms. The van der Waals surface area contributed by atoms with Gasteiger partial charge in [0.1, 0.15) is 0 Å². The third-order valence-electron chi connectivity index (χ3n) is 6.29. The first-order chi connectivity index (χ1) is 20.3. The molecule has 0 amide bonds. The predicted octanol–water partition coefficient (Wildman–Crippen LogP) is 4.52. The van der Waals surface area contributed by atoms with Crippen LogP contribution in [0.5, 0.6) is 0 Å². The molecule has 0 aliphatic carbocycles. The Labute approximate surface area is 250 Å². The van der Waals surface area contributed by atoms with E-state index in [0.29, 0.717) is 92.5 Å². The second-order valence-electron chi connectivity index (χ2n) is 10.0. The number of aliphatic hydroxyl groups is 2. The standard InChI is InChI=1S/C31H64O10/c1-2-3-4-5-6-7-8-9-10-11-12-13-14-16-41-31(33)30-40-29-28-39-27-26-38-25-24-37-23-22-36-21-20-35-19-18-34-17-15-32/h31-33H,2-30H2,1H3. The summed E-state index contributed by atoms with van der Waals surface area (Å²) in [6.07, 6.45) is 16.2. The Balaban J connectivity index is 3.13. The van der Waals surface area contributed by atoms with Crippen molar-refractivity contribution >= 4 is 0 Å². The third-order valence-corrected chi connectivity index (χ3v) is 6.29. The summed E-state index contributed by atoms with van der Waals surface area (Å²) in [4.78, 5) is 0. The van der Waals surface area contributed by atoms with E-state index in [1.54, 1.807) is 0 Å². The summed E-state index contributed by atoms with van der Waals surface area (Å²) in [6.45, 7) is 9.18. The van der Waals surface area contributed by atoms with Crippen LogP contribution in [0.2, 0.25) is 0 Å². The van der Waals surface area contributed by atoms with Gasteiger partial charge in [0, 0.05) is 6.61 Å². The lowest BCUT2D eigenvalue weighted by atomic mass is 10.0. The Morgan fingerprint density at radius 2 is 0.707 bits per heavy atom. The molecule has 0 aromatic carbocycles. The molecule has 248 valence electrons. The van der Waals surface area contributed by atoms with Crippen molar-refractivity contribution in [2.75, 3.05) is 106 Å². The fraction of sp³-hybridized carbons (Fsp3) is 1.00. The molecule has 0 rings (SSSR count). The molecular weight excluding hydrogens is 532 g/mol. The van der Waals surface area contributed by atoms with Crippen LogP contribution in [0, 0.1) is 0 Å². The summed E-state index contributed by atoms with van der Waals surface area (Å²) in [5.41, 5.74) is 0. The van der Waals surface area contributed by atoms with Gasteiger partial charge in [-0.1, -0.05) is 84.0 Å². The second-order valence-corrected chi connectivity index (χ2v) is 10.0. The molecule has 0 radical (unpaired) electrons. The van der Waals surface area contributed by atoms with Gasteiger partial charge in [-0.05, 0) is 6.42 Å². The maximum atomic E-state index is 9.86. The average molecular weight is 597 g/mol. The minimum atomic E-state index is -0.877. The van der Waals surface area contributed by atoms with Crippen LogP contribution in [-0.2, 0) is 37.9 Å². The monoisotopic (exact) mass is 596 g/mol. The van der Waals surface area contributed by atoms with E-state index in [2.05, 4.69) is 6.92 Å². The van der Waals surface area contributed by atoms with Gasteiger partial charge in [-0.3, -0.25) is 0 Å². The molecule has 1 unspecified atom stereocenters. The molecule has 0 bridgehead atoms. The SMILES string of the molecule is CCCCCCCCCCCCCCCOC(O)COCCOCCOCCOCCOCCOCCOCCO. The Morgan fingerprint density at radius 3 is 1.07 bits per heavy atom. The van der Waals surface area contributed by atoms with Gasteiger partial charge in [-0.15, -0.1) is 0 Å². The minimum Gasteiger partial charge on any atom is -0.394 e. The Bertz CT molecular complexity index is 459. The lowest BCUT2D eigenvalue weighted by Crippen LogP contribution is -2.21. The molecule has 10 heteroatoms. The highest BCUT2D eigenvalue weighted by Gasteiger charge is 2.04. The van der Waals surface area contributed by atoms with E-state index in [0.717, 1.165) is 12.8 Å². The van der Waals surface area contributed by atoms with Crippen LogP contribution in [0.1, 0.15) is 90.4 Å². The van der Waals surface area contributed by atoms with Crippen LogP contribution in [0.15, 0.2) is 0 Å². The van der Waals surface area contributed by atoms with Crippen molar-refractivity contribution in [2.24, 2.45) is 0 Å². The number of unbranched alkanes of at least 4 members (excludes halogenated alkanes) is 12. The molecule has 1 atom stereocenters. The minimum absolute atomic E-state index is 0.0277. The summed E-state index contributed by atoms with van der Waals surface area (Å²) in [5, 5.41) is 18.4. The van der Waals surface area contributed by atoms with E-state index in [4.69, 9.17) is 43.0 Å². The van der Waals surface area contributed by atoms with Gasteiger partial charge in [-0.2, -0.15) is 0 Å². The van der Waals surface area contributed by atoms with Crippen molar-refractivity contribution < 1.29 is 48.1 Å². The number of rotatable bonds is 37. The van der Waals surface area contributed by atoms with Gasteiger partial charge in [0.25, 0.3) is 0 Å². The maximum absolute atomic E-state index is 9.86. The molecule has 0 aromatic rings. The van der Waals surface area contributed by atoms with E-state index in [1.807, 2.05) is 0 Å². The smallest absolute Gasteiger partial charge is 0.178 e. The first kappa shape index (κ1) is 40.6. The van der Waals surface area contributed by atoms with E-state index >= 15 is 0 Å². The largest absolute Gasteiger partial charge is 0.394 e. The third kappa shape index (κ3) is 37.6. The first-order valence-electron chi connectivity index (χ1n) is 16.3. The van der Waals surface area contributed by atoms with Crippen LogP contribution in [0.4, 0.5) is 0 Å². The molecule has 2 N–H and O–H groups in total. The highest BCUT2D eigenvalue weighted by molar-refractivity contribution is 4.49. The molecule has 0 heterocycles. The van der Waals surface area contributed by atoms with Crippen molar-refractivity contribution in [3.05, 3.63) is 0 Å². The summed E-state index contributed by atoms with van der Waals surface area (Å²) >= 11 is 0. The van der Waals surface area contributed by atoms with Crippen LogP contribution in [0.3, 0.4) is 0 Å². The lowest BCUT2D eigenvalue weighted by molar-refractivity contribution is -0.141. The molecule has 0 saturated carbocycles. The summed E-state index contributed by atoms with van der Waals surface area (Å²) in [6, 6.07) is 0. The topological polar surface area (TPSA) is 114 Å². The molecule has 0 fully saturated rings. The number of hydrogen-bond donors (Lipinski definition) is 2. The zero-order valence-electron chi connectivity index (χ0n) is 26.2.